The number of benzene rings is 1. The topological polar surface area (TPSA) is 44.1 Å². The zero-order chi connectivity index (χ0) is 13.3. The lowest BCUT2D eigenvalue weighted by Crippen LogP contribution is -2.11. The Morgan fingerprint density at radius 1 is 1.50 bits per heavy atom. The molecule has 2 rings (SSSR count). The van der Waals surface area contributed by atoms with Crippen molar-refractivity contribution in [1.82, 2.24) is 9.78 Å². The van der Waals surface area contributed by atoms with Crippen molar-refractivity contribution >= 4 is 17.4 Å². The molecule has 18 heavy (non-hydrogen) atoms. The summed E-state index contributed by atoms with van der Waals surface area (Å²) in [6, 6.07) is 3.82. The molecule has 94 valence electrons. The minimum atomic E-state index is -0.632. The summed E-state index contributed by atoms with van der Waals surface area (Å²) in [4.78, 5) is 12.2. The fraction of sp³-hybridized carbons (Fsp3) is 0.167. The molecule has 0 saturated heterocycles. The van der Waals surface area contributed by atoms with Crippen molar-refractivity contribution in [3.63, 3.8) is 0 Å². The molecule has 0 aliphatic carbocycles. The Hall–Kier alpha value is -1.88. The molecule has 0 radical (unpaired) electrons. The Kier molecular flexibility index (Phi) is 3.34. The molecule has 1 aromatic heterocycles. The van der Waals surface area contributed by atoms with Gasteiger partial charge in [0.05, 0.1) is 18.9 Å². The Morgan fingerprint density at radius 3 is 2.89 bits per heavy atom. The number of aryl methyl sites for hydroxylation is 1. The standard InChI is InChI=1S/C12H10ClFN2O2/c1-16-11(10(18-2)6-15-16)12(17)8-5-7(13)3-4-9(8)14/h3-6H,1-2H3. The predicted octanol–water partition coefficient (Wildman–Crippen LogP) is 2.45. The molecule has 4 nitrogen and oxygen atoms in total. The SMILES string of the molecule is COc1cnn(C)c1C(=O)c1cc(Cl)ccc1F. The molecule has 0 N–H and O–H groups in total. The van der Waals surface area contributed by atoms with Crippen LogP contribution in [0.3, 0.4) is 0 Å². The largest absolute Gasteiger partial charge is 0.493 e. The van der Waals surface area contributed by atoms with Crippen LogP contribution in [0.4, 0.5) is 4.39 Å². The molecule has 0 saturated carbocycles. The van der Waals surface area contributed by atoms with E-state index in [0.29, 0.717) is 10.8 Å². The van der Waals surface area contributed by atoms with E-state index in [1.807, 2.05) is 0 Å². The van der Waals surface area contributed by atoms with Crippen LogP contribution in [0.1, 0.15) is 16.1 Å². The van der Waals surface area contributed by atoms with Gasteiger partial charge in [0.25, 0.3) is 0 Å². The van der Waals surface area contributed by atoms with Crippen molar-refractivity contribution in [3.8, 4) is 5.75 Å². The van der Waals surface area contributed by atoms with Gasteiger partial charge in [0.1, 0.15) is 5.82 Å². The predicted molar refractivity (Wildman–Crippen MR) is 64.6 cm³/mol. The lowest BCUT2D eigenvalue weighted by Gasteiger charge is -2.06. The van der Waals surface area contributed by atoms with Gasteiger partial charge in [-0.15, -0.1) is 0 Å². The Labute approximate surface area is 108 Å². The van der Waals surface area contributed by atoms with Crippen LogP contribution >= 0.6 is 11.6 Å². The molecule has 0 spiro atoms. The second-order valence-electron chi connectivity index (χ2n) is 3.64. The highest BCUT2D eigenvalue weighted by molar-refractivity contribution is 6.31. The number of halogens is 2. The van der Waals surface area contributed by atoms with Crippen molar-refractivity contribution in [1.29, 1.82) is 0 Å². The van der Waals surface area contributed by atoms with E-state index >= 15 is 0 Å². The number of carbonyl (C=O) groups is 1. The van der Waals surface area contributed by atoms with Crippen LogP contribution in [0.15, 0.2) is 24.4 Å². The molecule has 0 amide bonds. The zero-order valence-electron chi connectivity index (χ0n) is 9.78. The third-order valence-corrected chi connectivity index (χ3v) is 2.75. The van der Waals surface area contributed by atoms with Gasteiger partial charge in [-0.25, -0.2) is 4.39 Å². The van der Waals surface area contributed by atoms with Crippen LogP contribution in [0.25, 0.3) is 0 Å². The fourth-order valence-corrected chi connectivity index (χ4v) is 1.80. The third-order valence-electron chi connectivity index (χ3n) is 2.51. The smallest absolute Gasteiger partial charge is 0.217 e. The first-order chi connectivity index (χ1) is 8.54. The number of aromatic nitrogens is 2. The van der Waals surface area contributed by atoms with E-state index in [9.17, 15) is 9.18 Å². The summed E-state index contributed by atoms with van der Waals surface area (Å²) < 4.78 is 20.0. The number of hydrogen-bond donors (Lipinski definition) is 0. The number of hydrogen-bond acceptors (Lipinski definition) is 3. The molecular formula is C12H10ClFN2O2. The molecule has 0 unspecified atom stereocenters. The van der Waals surface area contributed by atoms with E-state index in [1.54, 1.807) is 7.05 Å². The quantitative estimate of drug-likeness (QED) is 0.803. The molecule has 2 aromatic rings. The van der Waals surface area contributed by atoms with Gasteiger partial charge in [-0.2, -0.15) is 5.10 Å². The normalized spacial score (nSPS) is 10.4. The van der Waals surface area contributed by atoms with Crippen LogP contribution < -0.4 is 4.74 Å². The summed E-state index contributed by atoms with van der Waals surface area (Å²) in [6.45, 7) is 0. The highest BCUT2D eigenvalue weighted by Crippen LogP contribution is 2.23. The Balaban J connectivity index is 2.54. The van der Waals surface area contributed by atoms with Gasteiger partial charge in [-0.05, 0) is 18.2 Å². The van der Waals surface area contributed by atoms with Gasteiger partial charge in [0.15, 0.2) is 11.4 Å². The van der Waals surface area contributed by atoms with Crippen molar-refractivity contribution < 1.29 is 13.9 Å². The van der Waals surface area contributed by atoms with Crippen molar-refractivity contribution in [2.75, 3.05) is 7.11 Å². The summed E-state index contributed by atoms with van der Waals surface area (Å²) in [5.41, 5.74) is 0.0723. The van der Waals surface area contributed by atoms with Crippen molar-refractivity contribution in [2.45, 2.75) is 0 Å². The monoisotopic (exact) mass is 268 g/mol. The molecule has 0 atom stereocenters. The minimum Gasteiger partial charge on any atom is -0.493 e. The maximum absolute atomic E-state index is 13.6. The maximum Gasteiger partial charge on any atom is 0.217 e. The number of ketones is 1. The summed E-state index contributed by atoms with van der Waals surface area (Å²) >= 11 is 5.76. The lowest BCUT2D eigenvalue weighted by atomic mass is 10.1. The first-order valence-corrected chi connectivity index (χ1v) is 5.48. The van der Waals surface area contributed by atoms with Crippen molar-refractivity contribution in [3.05, 3.63) is 46.5 Å². The van der Waals surface area contributed by atoms with Crippen LogP contribution in [0, 0.1) is 5.82 Å². The van der Waals surface area contributed by atoms with E-state index in [2.05, 4.69) is 5.10 Å². The van der Waals surface area contributed by atoms with Crippen LogP contribution in [0.2, 0.25) is 5.02 Å². The summed E-state index contributed by atoms with van der Waals surface area (Å²) in [7, 11) is 3.00. The number of methoxy groups -OCH3 is 1. The molecule has 0 aliphatic heterocycles. The van der Waals surface area contributed by atoms with Crippen LogP contribution in [-0.2, 0) is 7.05 Å². The molecule has 0 aliphatic rings. The minimum absolute atomic E-state index is 0.107. The highest BCUT2D eigenvalue weighted by atomic mass is 35.5. The Bertz CT molecular complexity index is 610. The van der Waals surface area contributed by atoms with Gasteiger partial charge in [0, 0.05) is 12.1 Å². The van der Waals surface area contributed by atoms with Crippen LogP contribution in [0.5, 0.6) is 5.75 Å². The van der Waals surface area contributed by atoms with E-state index in [1.165, 1.54) is 30.1 Å². The first-order valence-electron chi connectivity index (χ1n) is 5.10. The van der Waals surface area contributed by atoms with E-state index in [4.69, 9.17) is 16.3 Å². The van der Waals surface area contributed by atoms with Gasteiger partial charge in [0.2, 0.25) is 5.78 Å². The van der Waals surface area contributed by atoms with Crippen molar-refractivity contribution in [2.24, 2.45) is 7.05 Å². The second kappa shape index (κ2) is 4.78. The summed E-state index contributed by atoms with van der Waals surface area (Å²) in [6.07, 6.45) is 1.40. The maximum atomic E-state index is 13.6. The van der Waals surface area contributed by atoms with E-state index < -0.39 is 11.6 Å². The molecule has 6 heteroatoms. The molecule has 1 heterocycles. The summed E-state index contributed by atoms with van der Waals surface area (Å²) in [5, 5.41) is 4.19. The molecule has 0 fully saturated rings. The van der Waals surface area contributed by atoms with Gasteiger partial charge in [-0.1, -0.05) is 11.6 Å². The average Bonchev–Trinajstić information content (AvgIpc) is 2.72. The number of ether oxygens (including phenoxy) is 1. The average molecular weight is 269 g/mol. The number of carbonyl (C=O) groups excluding carboxylic acids is 1. The fourth-order valence-electron chi connectivity index (χ4n) is 1.62. The van der Waals surface area contributed by atoms with Gasteiger partial charge < -0.3 is 4.74 Å². The molecular weight excluding hydrogens is 259 g/mol. The Morgan fingerprint density at radius 2 is 2.22 bits per heavy atom. The third kappa shape index (κ3) is 2.09. The first kappa shape index (κ1) is 12.6. The van der Waals surface area contributed by atoms with E-state index in [-0.39, 0.29) is 11.3 Å². The lowest BCUT2D eigenvalue weighted by molar-refractivity contribution is 0.102. The highest BCUT2D eigenvalue weighted by Gasteiger charge is 2.22. The van der Waals surface area contributed by atoms with Gasteiger partial charge >= 0.3 is 0 Å². The van der Waals surface area contributed by atoms with Gasteiger partial charge in [-0.3, -0.25) is 9.48 Å². The molecule has 1 aromatic carbocycles. The number of rotatable bonds is 3. The number of nitrogens with zero attached hydrogens (tertiary/aromatic N) is 2. The van der Waals surface area contributed by atoms with E-state index in [0.717, 1.165) is 6.07 Å². The zero-order valence-corrected chi connectivity index (χ0v) is 10.5. The second-order valence-corrected chi connectivity index (χ2v) is 4.07. The summed E-state index contributed by atoms with van der Waals surface area (Å²) in [5.74, 6) is -0.860. The van der Waals surface area contributed by atoms with Crippen LogP contribution in [-0.4, -0.2) is 22.7 Å². The molecule has 0 bridgehead atoms.